The summed E-state index contributed by atoms with van der Waals surface area (Å²) >= 11 is 0. The number of piperidine rings is 2. The van der Waals surface area contributed by atoms with E-state index in [0.29, 0.717) is 0 Å². The maximum atomic E-state index is 12.5. The molecular formula is C29H55N4O4+. The van der Waals surface area contributed by atoms with Crippen molar-refractivity contribution in [2.75, 3.05) is 39.4 Å². The second-order valence-electron chi connectivity index (χ2n) is 14.2. The van der Waals surface area contributed by atoms with E-state index in [1.807, 2.05) is 55.4 Å². The summed E-state index contributed by atoms with van der Waals surface area (Å²) in [5.41, 5.74) is -1.46. The predicted octanol–water partition coefficient (Wildman–Crippen LogP) is 4.67. The van der Waals surface area contributed by atoms with Gasteiger partial charge in [0, 0.05) is 35.4 Å². The molecule has 37 heavy (non-hydrogen) atoms. The molecule has 3 aliphatic heterocycles. The minimum atomic E-state index is -0.365. The largest absolute Gasteiger partial charge is 0.378 e. The normalized spacial score (nSPS) is 26.5. The van der Waals surface area contributed by atoms with Gasteiger partial charge in [-0.3, -0.25) is 9.48 Å². The fourth-order valence-electron chi connectivity index (χ4n) is 6.86. The zero-order chi connectivity index (χ0) is 27.5. The van der Waals surface area contributed by atoms with Crippen LogP contribution < -0.4 is 0 Å². The first-order chi connectivity index (χ1) is 17.1. The Balaban J connectivity index is 1.25. The van der Waals surface area contributed by atoms with Gasteiger partial charge in [-0.15, -0.1) is 20.5 Å². The van der Waals surface area contributed by atoms with Crippen LogP contribution in [-0.4, -0.2) is 99.7 Å². The number of hydroxylamine groups is 4. The minimum Gasteiger partial charge on any atom is -0.378 e. The van der Waals surface area contributed by atoms with Crippen LogP contribution in [0, 0.1) is 0 Å². The molecule has 0 amide bonds. The lowest BCUT2D eigenvalue weighted by molar-refractivity contribution is -0.514. The lowest BCUT2D eigenvalue weighted by atomic mass is 9.80. The summed E-state index contributed by atoms with van der Waals surface area (Å²) in [6.07, 6.45) is 10.2. The lowest BCUT2D eigenvalue weighted by Gasteiger charge is -2.49. The van der Waals surface area contributed by atoms with Gasteiger partial charge in [0.1, 0.15) is 13.1 Å². The molecule has 0 spiro atoms. The molecule has 0 atom stereocenters. The van der Waals surface area contributed by atoms with Gasteiger partial charge in [0.2, 0.25) is 6.34 Å². The number of hydrogen-bond acceptors (Lipinski definition) is 5. The van der Waals surface area contributed by atoms with Gasteiger partial charge in [0.05, 0.1) is 25.3 Å². The Bertz CT molecular complexity index is 731. The number of unbranched alkanes of at least 4 members (excludes halogenated alkanes) is 2. The first-order valence-corrected chi connectivity index (χ1v) is 14.6. The van der Waals surface area contributed by atoms with E-state index in [0.717, 1.165) is 90.8 Å². The molecule has 8 nitrogen and oxygen atoms in total. The first-order valence-electron chi connectivity index (χ1n) is 14.6. The highest BCUT2D eigenvalue weighted by Gasteiger charge is 2.47. The Morgan fingerprint density at radius 1 is 0.703 bits per heavy atom. The molecule has 3 heterocycles. The molecule has 2 radical (unpaired) electrons. The molecule has 0 aromatic rings. The van der Waals surface area contributed by atoms with E-state index in [1.165, 1.54) is 10.1 Å². The molecule has 0 N–H and O–H groups in total. The summed E-state index contributed by atoms with van der Waals surface area (Å²) in [7, 11) is 0. The smallest absolute Gasteiger partial charge is 0.234 e. The number of rotatable bonds is 12. The Morgan fingerprint density at radius 3 is 1.59 bits per heavy atom. The van der Waals surface area contributed by atoms with Crippen molar-refractivity contribution in [3.63, 3.8) is 0 Å². The monoisotopic (exact) mass is 523 g/mol. The summed E-state index contributed by atoms with van der Waals surface area (Å²) < 4.78 is 14.8. The molecule has 0 aromatic carbocycles. The third-order valence-corrected chi connectivity index (χ3v) is 8.50. The van der Waals surface area contributed by atoms with Crippen LogP contribution in [-0.2, 0) is 19.9 Å². The Kier molecular flexibility index (Phi) is 10.1. The highest BCUT2D eigenvalue weighted by atomic mass is 16.5. The quantitative estimate of drug-likeness (QED) is 0.275. The number of nitrogens with zero attached hydrogens (tertiary/aromatic N) is 4. The van der Waals surface area contributed by atoms with Crippen molar-refractivity contribution in [3.05, 3.63) is 0 Å². The average molecular weight is 524 g/mol. The molecule has 0 saturated carbocycles. The van der Waals surface area contributed by atoms with E-state index in [4.69, 9.17) is 9.47 Å². The van der Waals surface area contributed by atoms with Crippen molar-refractivity contribution in [1.29, 1.82) is 0 Å². The van der Waals surface area contributed by atoms with Gasteiger partial charge in [0.15, 0.2) is 0 Å². The second-order valence-corrected chi connectivity index (χ2v) is 14.2. The SMILES string of the molecule is CC1(C)CC(OCCCCN2C=[N+](CCCCOC3CC(C)(C)N([O])C(C)(C)C3)CC2)CC(C)(C)N1[O]. The van der Waals surface area contributed by atoms with Crippen LogP contribution in [0.25, 0.3) is 0 Å². The Hall–Kier alpha value is -0.770. The third-order valence-electron chi connectivity index (χ3n) is 8.50. The fraction of sp³-hybridized carbons (Fsp3) is 0.966. The number of ether oxygens (including phenoxy) is 2. The number of hydrogen-bond donors (Lipinski definition) is 0. The summed E-state index contributed by atoms with van der Waals surface area (Å²) in [5, 5.41) is 27.6. The maximum absolute atomic E-state index is 12.5. The first kappa shape index (κ1) is 30.8. The zero-order valence-electron chi connectivity index (χ0n) is 25.1. The third kappa shape index (κ3) is 8.36. The molecule has 0 aliphatic carbocycles. The van der Waals surface area contributed by atoms with E-state index >= 15 is 0 Å². The fourth-order valence-corrected chi connectivity index (χ4v) is 6.86. The zero-order valence-corrected chi connectivity index (χ0v) is 25.1. The van der Waals surface area contributed by atoms with Gasteiger partial charge in [-0.1, -0.05) is 0 Å². The topological polar surface area (TPSA) is 71.0 Å². The molecule has 0 aromatic heterocycles. The van der Waals surface area contributed by atoms with Crippen molar-refractivity contribution in [3.8, 4) is 0 Å². The van der Waals surface area contributed by atoms with Crippen LogP contribution in [0.4, 0.5) is 0 Å². The maximum Gasteiger partial charge on any atom is 0.234 e. The Morgan fingerprint density at radius 2 is 1.14 bits per heavy atom. The average Bonchev–Trinajstić information content (AvgIpc) is 3.22. The lowest BCUT2D eigenvalue weighted by Crippen LogP contribution is -2.59. The van der Waals surface area contributed by atoms with Gasteiger partial charge in [-0.25, -0.2) is 0 Å². The van der Waals surface area contributed by atoms with Crippen molar-refractivity contribution in [2.45, 2.75) is 141 Å². The van der Waals surface area contributed by atoms with E-state index in [-0.39, 0.29) is 34.4 Å². The summed E-state index contributed by atoms with van der Waals surface area (Å²) in [5.74, 6) is 0. The summed E-state index contributed by atoms with van der Waals surface area (Å²) in [6, 6.07) is 0. The van der Waals surface area contributed by atoms with E-state index in [9.17, 15) is 10.4 Å². The molecule has 8 heteroatoms. The second kappa shape index (κ2) is 12.2. The summed E-state index contributed by atoms with van der Waals surface area (Å²) in [4.78, 5) is 2.43. The molecule has 2 fully saturated rings. The molecular weight excluding hydrogens is 468 g/mol. The van der Waals surface area contributed by atoms with E-state index in [2.05, 4.69) is 15.8 Å². The van der Waals surface area contributed by atoms with E-state index < -0.39 is 0 Å². The van der Waals surface area contributed by atoms with Gasteiger partial charge < -0.3 is 9.47 Å². The predicted molar refractivity (Wildman–Crippen MR) is 145 cm³/mol. The highest BCUT2D eigenvalue weighted by Crippen LogP contribution is 2.39. The minimum absolute atomic E-state index is 0.172. The molecule has 214 valence electrons. The van der Waals surface area contributed by atoms with Gasteiger partial charge in [0.25, 0.3) is 0 Å². The van der Waals surface area contributed by atoms with Gasteiger partial charge >= 0.3 is 0 Å². The van der Waals surface area contributed by atoms with E-state index in [1.54, 1.807) is 0 Å². The van der Waals surface area contributed by atoms with Crippen LogP contribution in [0.15, 0.2) is 0 Å². The Labute approximate surface area is 226 Å². The van der Waals surface area contributed by atoms with Crippen LogP contribution in [0.5, 0.6) is 0 Å². The van der Waals surface area contributed by atoms with Crippen LogP contribution >= 0.6 is 0 Å². The van der Waals surface area contributed by atoms with Gasteiger partial charge in [-0.2, -0.15) is 0 Å². The van der Waals surface area contributed by atoms with Crippen LogP contribution in [0.2, 0.25) is 0 Å². The van der Waals surface area contributed by atoms with Crippen molar-refractivity contribution in [1.82, 2.24) is 15.0 Å². The highest BCUT2D eigenvalue weighted by molar-refractivity contribution is 5.50. The molecule has 3 aliphatic rings. The van der Waals surface area contributed by atoms with Crippen molar-refractivity contribution < 1.29 is 24.5 Å². The van der Waals surface area contributed by atoms with Gasteiger partial charge in [-0.05, 0) is 107 Å². The van der Waals surface area contributed by atoms with Crippen molar-refractivity contribution in [2.24, 2.45) is 0 Å². The van der Waals surface area contributed by atoms with Crippen LogP contribution in [0.3, 0.4) is 0 Å². The van der Waals surface area contributed by atoms with Crippen molar-refractivity contribution >= 4 is 6.34 Å². The van der Waals surface area contributed by atoms with Crippen LogP contribution in [0.1, 0.15) is 107 Å². The molecule has 0 unspecified atom stereocenters. The molecule has 0 bridgehead atoms. The molecule has 2 saturated heterocycles. The summed E-state index contributed by atoms with van der Waals surface area (Å²) in [6.45, 7) is 22.1. The standard InChI is InChI=1S/C29H55N4O4/c1-26(2)19-24(20-27(3,4)32(26)34)36-17-11-9-13-30-15-16-31(23-30)14-10-12-18-37-25-21-28(5,6)33(35)29(7,8)22-25/h23-25H,9-22H2,1-8H3/q+1. The molecule has 3 rings (SSSR count).